The van der Waals surface area contributed by atoms with E-state index in [0.717, 1.165) is 12.8 Å². The summed E-state index contributed by atoms with van der Waals surface area (Å²) in [5.74, 6) is 0.626. The van der Waals surface area contributed by atoms with Gasteiger partial charge in [-0.25, -0.2) is 0 Å². The van der Waals surface area contributed by atoms with E-state index in [1.54, 1.807) is 0 Å². The largest absolute Gasteiger partial charge is 0.352 e. The Kier molecular flexibility index (Phi) is 4.91. The molecular formula is C12H22ClNO. The molecule has 0 spiro atoms. The summed E-state index contributed by atoms with van der Waals surface area (Å²) in [6.45, 7) is 6.12. The van der Waals surface area contributed by atoms with Crippen LogP contribution < -0.4 is 5.32 Å². The van der Waals surface area contributed by atoms with Crippen LogP contribution >= 0.6 is 11.6 Å². The Bertz CT molecular complexity index is 218. The van der Waals surface area contributed by atoms with Crippen LogP contribution in [0.15, 0.2) is 0 Å². The zero-order chi connectivity index (χ0) is 11.4. The Labute approximate surface area is 97.8 Å². The molecule has 0 heterocycles. The van der Waals surface area contributed by atoms with Gasteiger partial charge in [-0.3, -0.25) is 4.79 Å². The molecule has 1 amide bonds. The van der Waals surface area contributed by atoms with Gasteiger partial charge in [0, 0.05) is 12.0 Å². The number of nitrogens with one attached hydrogen (secondary N) is 1. The minimum absolute atomic E-state index is 0.0794. The van der Waals surface area contributed by atoms with Crippen molar-refractivity contribution in [1.82, 2.24) is 5.32 Å². The molecule has 3 atom stereocenters. The van der Waals surface area contributed by atoms with Crippen LogP contribution in [0.2, 0.25) is 0 Å². The van der Waals surface area contributed by atoms with Crippen molar-refractivity contribution in [2.75, 3.05) is 0 Å². The molecule has 1 N–H and O–H groups in total. The Morgan fingerprint density at radius 2 is 1.87 bits per heavy atom. The second-order valence-electron chi connectivity index (χ2n) is 4.95. The van der Waals surface area contributed by atoms with Gasteiger partial charge in [0.2, 0.25) is 5.91 Å². The lowest BCUT2D eigenvalue weighted by atomic mass is 9.92. The summed E-state index contributed by atoms with van der Waals surface area (Å²) in [6.07, 6.45) is 4.44. The molecule has 1 fully saturated rings. The molecule has 88 valence electrons. The number of carbonyl (C=O) groups excluding carboxylic acids is 1. The number of amides is 1. The van der Waals surface area contributed by atoms with Crippen LogP contribution in [0.1, 0.15) is 46.5 Å². The van der Waals surface area contributed by atoms with Crippen LogP contribution in [0, 0.1) is 11.8 Å². The average Bonchev–Trinajstić information content (AvgIpc) is 2.20. The van der Waals surface area contributed by atoms with E-state index < -0.39 is 0 Å². The Hall–Kier alpha value is -0.240. The fourth-order valence-electron chi connectivity index (χ4n) is 1.87. The molecule has 0 saturated heterocycles. The van der Waals surface area contributed by atoms with E-state index >= 15 is 0 Å². The SMILES string of the molecule is CC(C)C(C)C(=O)NC1CCCCC1Cl. The molecule has 0 radical (unpaired) electrons. The third-order valence-corrected chi connectivity index (χ3v) is 3.95. The van der Waals surface area contributed by atoms with Gasteiger partial charge in [0.15, 0.2) is 0 Å². The third kappa shape index (κ3) is 3.67. The molecule has 1 rings (SSSR count). The van der Waals surface area contributed by atoms with Gasteiger partial charge in [0.1, 0.15) is 0 Å². The van der Waals surface area contributed by atoms with Gasteiger partial charge >= 0.3 is 0 Å². The zero-order valence-corrected chi connectivity index (χ0v) is 10.7. The molecular weight excluding hydrogens is 210 g/mol. The maximum Gasteiger partial charge on any atom is 0.223 e. The molecule has 0 bridgehead atoms. The lowest BCUT2D eigenvalue weighted by Crippen LogP contribution is -2.45. The van der Waals surface area contributed by atoms with Crippen molar-refractivity contribution < 1.29 is 4.79 Å². The molecule has 2 nitrogen and oxygen atoms in total. The number of alkyl halides is 1. The Balaban J connectivity index is 2.42. The normalized spacial score (nSPS) is 28.9. The van der Waals surface area contributed by atoms with E-state index in [9.17, 15) is 4.79 Å². The highest BCUT2D eigenvalue weighted by atomic mass is 35.5. The standard InChI is InChI=1S/C12H22ClNO/c1-8(2)9(3)12(15)14-11-7-5-4-6-10(11)13/h8-11H,4-7H2,1-3H3,(H,14,15). The quantitative estimate of drug-likeness (QED) is 0.744. The highest BCUT2D eigenvalue weighted by Crippen LogP contribution is 2.23. The van der Waals surface area contributed by atoms with Crippen LogP contribution in [0.4, 0.5) is 0 Å². The number of hydrogen-bond acceptors (Lipinski definition) is 1. The van der Waals surface area contributed by atoms with E-state index in [0.29, 0.717) is 5.92 Å². The van der Waals surface area contributed by atoms with Crippen molar-refractivity contribution in [2.45, 2.75) is 57.9 Å². The van der Waals surface area contributed by atoms with Crippen molar-refractivity contribution >= 4 is 17.5 Å². The lowest BCUT2D eigenvalue weighted by molar-refractivity contribution is -0.126. The van der Waals surface area contributed by atoms with Gasteiger partial charge < -0.3 is 5.32 Å². The first kappa shape index (κ1) is 12.8. The highest BCUT2D eigenvalue weighted by Gasteiger charge is 2.26. The van der Waals surface area contributed by atoms with Crippen molar-refractivity contribution in [3.8, 4) is 0 Å². The molecule has 0 aromatic heterocycles. The number of rotatable bonds is 3. The first-order chi connectivity index (χ1) is 7.02. The summed E-state index contributed by atoms with van der Waals surface area (Å²) in [5, 5.41) is 3.21. The average molecular weight is 232 g/mol. The molecule has 3 heteroatoms. The molecule has 1 saturated carbocycles. The van der Waals surface area contributed by atoms with Gasteiger partial charge in [0.25, 0.3) is 0 Å². The van der Waals surface area contributed by atoms with Crippen LogP contribution in [-0.4, -0.2) is 17.3 Å². The zero-order valence-electron chi connectivity index (χ0n) is 9.92. The van der Waals surface area contributed by atoms with Gasteiger partial charge in [-0.15, -0.1) is 11.6 Å². The van der Waals surface area contributed by atoms with Crippen LogP contribution in [0.25, 0.3) is 0 Å². The van der Waals surface area contributed by atoms with E-state index in [2.05, 4.69) is 19.2 Å². The van der Waals surface area contributed by atoms with Crippen LogP contribution in [0.5, 0.6) is 0 Å². The Morgan fingerprint density at radius 3 is 2.40 bits per heavy atom. The summed E-state index contributed by atoms with van der Waals surface area (Å²) < 4.78 is 0. The van der Waals surface area contributed by atoms with Gasteiger partial charge in [0.05, 0.1) is 5.38 Å². The minimum atomic E-state index is 0.0794. The van der Waals surface area contributed by atoms with Crippen LogP contribution in [-0.2, 0) is 4.79 Å². The third-order valence-electron chi connectivity index (χ3n) is 3.42. The first-order valence-electron chi connectivity index (χ1n) is 5.96. The molecule has 0 aromatic carbocycles. The van der Waals surface area contributed by atoms with Crippen LogP contribution in [0.3, 0.4) is 0 Å². The van der Waals surface area contributed by atoms with Gasteiger partial charge in [-0.05, 0) is 18.8 Å². The van der Waals surface area contributed by atoms with E-state index in [4.69, 9.17) is 11.6 Å². The minimum Gasteiger partial charge on any atom is -0.352 e. The fraction of sp³-hybridized carbons (Fsp3) is 0.917. The summed E-state index contributed by atoms with van der Waals surface area (Å²) in [5.41, 5.74) is 0. The van der Waals surface area contributed by atoms with E-state index in [1.807, 2.05) is 6.92 Å². The summed E-state index contributed by atoms with van der Waals surface area (Å²) in [7, 11) is 0. The summed E-state index contributed by atoms with van der Waals surface area (Å²) >= 11 is 6.20. The van der Waals surface area contributed by atoms with E-state index in [1.165, 1.54) is 12.8 Å². The number of halogens is 1. The maximum absolute atomic E-state index is 11.8. The number of hydrogen-bond donors (Lipinski definition) is 1. The molecule has 0 aromatic rings. The molecule has 3 unspecified atom stereocenters. The Morgan fingerprint density at radius 1 is 1.27 bits per heavy atom. The predicted octanol–water partition coefficient (Wildman–Crippen LogP) is 2.94. The van der Waals surface area contributed by atoms with Crippen molar-refractivity contribution in [1.29, 1.82) is 0 Å². The fourth-order valence-corrected chi connectivity index (χ4v) is 2.21. The molecule has 1 aliphatic rings. The van der Waals surface area contributed by atoms with E-state index in [-0.39, 0.29) is 23.2 Å². The molecule has 15 heavy (non-hydrogen) atoms. The van der Waals surface area contributed by atoms with Crippen molar-refractivity contribution in [3.05, 3.63) is 0 Å². The predicted molar refractivity (Wildman–Crippen MR) is 64.0 cm³/mol. The van der Waals surface area contributed by atoms with Gasteiger partial charge in [-0.1, -0.05) is 33.6 Å². The first-order valence-corrected chi connectivity index (χ1v) is 6.40. The topological polar surface area (TPSA) is 29.1 Å². The summed E-state index contributed by atoms with van der Waals surface area (Å²) in [6, 6.07) is 0.189. The second-order valence-corrected chi connectivity index (χ2v) is 5.51. The highest BCUT2D eigenvalue weighted by molar-refractivity contribution is 6.21. The molecule has 0 aliphatic heterocycles. The number of carbonyl (C=O) groups is 1. The molecule has 1 aliphatic carbocycles. The van der Waals surface area contributed by atoms with Crippen molar-refractivity contribution in [2.24, 2.45) is 11.8 Å². The summed E-state index contributed by atoms with van der Waals surface area (Å²) in [4.78, 5) is 11.8. The lowest BCUT2D eigenvalue weighted by Gasteiger charge is -2.29. The maximum atomic E-state index is 11.8. The smallest absolute Gasteiger partial charge is 0.223 e. The monoisotopic (exact) mass is 231 g/mol. The van der Waals surface area contributed by atoms with Crippen molar-refractivity contribution in [3.63, 3.8) is 0 Å². The van der Waals surface area contributed by atoms with Gasteiger partial charge in [-0.2, -0.15) is 0 Å². The second kappa shape index (κ2) is 5.74.